The molecule has 35 heavy (non-hydrogen) atoms. The van der Waals surface area contributed by atoms with Crippen molar-refractivity contribution < 1.29 is 19.1 Å². The van der Waals surface area contributed by atoms with Crippen LogP contribution in [0.15, 0.2) is 42.5 Å². The topological polar surface area (TPSA) is 87.7 Å². The van der Waals surface area contributed by atoms with Crippen LogP contribution in [0.5, 0.6) is 0 Å². The third-order valence-electron chi connectivity index (χ3n) is 8.20. The van der Waals surface area contributed by atoms with Gasteiger partial charge in [0.15, 0.2) is 0 Å². The second-order valence-corrected chi connectivity index (χ2v) is 12.0. The Hall–Kier alpha value is -2.67. The molecule has 3 fully saturated rings. The molecule has 4 aliphatic rings. The number of anilines is 1. The molecule has 1 saturated carbocycles. The molecule has 1 spiro atoms. The Bertz CT molecular complexity index is 1060. The first-order valence-corrected chi connectivity index (χ1v) is 12.9. The normalized spacial score (nSPS) is 37.9. The van der Waals surface area contributed by atoms with E-state index in [2.05, 4.69) is 17.6 Å². The lowest BCUT2D eigenvalue weighted by molar-refractivity contribution is -0.135. The van der Waals surface area contributed by atoms with Crippen molar-refractivity contribution in [2.45, 2.75) is 89.1 Å². The molecule has 1 aromatic rings. The fraction of sp³-hybridized carbons (Fsp3) is 0.607. The van der Waals surface area contributed by atoms with E-state index in [1.165, 1.54) is 6.42 Å². The van der Waals surface area contributed by atoms with Crippen molar-refractivity contribution >= 4 is 23.4 Å². The van der Waals surface area contributed by atoms with Crippen LogP contribution in [-0.4, -0.2) is 46.5 Å². The molecule has 0 radical (unpaired) electrons. The van der Waals surface area contributed by atoms with E-state index in [1.54, 1.807) is 4.90 Å². The predicted molar refractivity (Wildman–Crippen MR) is 134 cm³/mol. The fourth-order valence-electron chi connectivity index (χ4n) is 6.64. The summed E-state index contributed by atoms with van der Waals surface area (Å²) < 4.78 is 6.60. The second kappa shape index (κ2) is 8.19. The molecule has 1 aromatic carbocycles. The first-order valence-electron chi connectivity index (χ1n) is 12.9. The molecule has 5 rings (SSSR count). The van der Waals surface area contributed by atoms with Crippen LogP contribution in [0.25, 0.3) is 0 Å². The highest BCUT2D eigenvalue weighted by Crippen LogP contribution is 2.60. The third-order valence-corrected chi connectivity index (χ3v) is 8.20. The summed E-state index contributed by atoms with van der Waals surface area (Å²) in [6, 6.07) is 8.39. The van der Waals surface area contributed by atoms with Crippen LogP contribution in [0.3, 0.4) is 0 Å². The van der Waals surface area contributed by atoms with Crippen LogP contribution in [0.2, 0.25) is 0 Å². The van der Waals surface area contributed by atoms with Gasteiger partial charge in [0.05, 0.1) is 17.4 Å². The summed E-state index contributed by atoms with van der Waals surface area (Å²) in [6.45, 7) is 9.78. The summed E-state index contributed by atoms with van der Waals surface area (Å²) in [4.78, 5) is 43.2. The smallest absolute Gasteiger partial charge is 0.246 e. The van der Waals surface area contributed by atoms with Crippen LogP contribution in [-0.2, 0) is 19.1 Å². The summed E-state index contributed by atoms with van der Waals surface area (Å²) >= 11 is 0. The minimum absolute atomic E-state index is 0.0978. The predicted octanol–water partition coefficient (Wildman–Crippen LogP) is 3.34. The standard InChI is InChI=1S/C28H37N3O4/c1-17-11-9-10-14-19(17)29-23(32)20-21-25(34)31(18-12-7-6-8-13-18)22(24(33)30-26(2,3)4)28(21)16-15-27(20,5)35-28/h6-8,12-13,15-17,19-22H,9-11,14H2,1-5H3,(H,29,32)(H,30,33)/t17-,19-,20-,21+,22+,27-,28+/m0/s1. The summed E-state index contributed by atoms with van der Waals surface area (Å²) in [5.74, 6) is -1.75. The van der Waals surface area contributed by atoms with Crippen molar-refractivity contribution in [1.82, 2.24) is 10.6 Å². The molecular formula is C28H37N3O4. The number of amides is 3. The van der Waals surface area contributed by atoms with Gasteiger partial charge < -0.3 is 15.4 Å². The van der Waals surface area contributed by atoms with E-state index in [9.17, 15) is 14.4 Å². The largest absolute Gasteiger partial charge is 0.356 e. The number of benzene rings is 1. The van der Waals surface area contributed by atoms with E-state index in [1.807, 2.05) is 70.2 Å². The number of carbonyl (C=O) groups is 3. The first-order chi connectivity index (χ1) is 16.5. The zero-order chi connectivity index (χ0) is 25.2. The van der Waals surface area contributed by atoms with Crippen LogP contribution in [0, 0.1) is 17.8 Å². The summed E-state index contributed by atoms with van der Waals surface area (Å²) in [5.41, 5.74) is -2.00. The molecule has 0 aromatic heterocycles. The number of nitrogens with one attached hydrogen (secondary N) is 2. The van der Waals surface area contributed by atoms with Crippen molar-refractivity contribution in [2.75, 3.05) is 4.90 Å². The van der Waals surface area contributed by atoms with Crippen molar-refractivity contribution in [2.24, 2.45) is 17.8 Å². The van der Waals surface area contributed by atoms with Crippen LogP contribution < -0.4 is 15.5 Å². The molecule has 1 aliphatic carbocycles. The minimum Gasteiger partial charge on any atom is -0.356 e. The van der Waals surface area contributed by atoms with Gasteiger partial charge in [0.25, 0.3) is 0 Å². The maximum atomic E-state index is 14.1. The monoisotopic (exact) mass is 479 g/mol. The van der Waals surface area contributed by atoms with Gasteiger partial charge in [-0.1, -0.05) is 50.1 Å². The maximum Gasteiger partial charge on any atom is 0.246 e. The number of hydrogen-bond acceptors (Lipinski definition) is 4. The average molecular weight is 480 g/mol. The Morgan fingerprint density at radius 3 is 2.40 bits per heavy atom. The molecule has 0 unspecified atom stereocenters. The van der Waals surface area contributed by atoms with Gasteiger partial charge in [-0.3, -0.25) is 19.3 Å². The van der Waals surface area contributed by atoms with Gasteiger partial charge in [-0.2, -0.15) is 0 Å². The molecule has 2 saturated heterocycles. The summed E-state index contributed by atoms with van der Waals surface area (Å²) in [5, 5.41) is 6.32. The molecule has 3 heterocycles. The van der Waals surface area contributed by atoms with Gasteiger partial charge in [0.1, 0.15) is 11.6 Å². The lowest BCUT2D eigenvalue weighted by atomic mass is 9.70. The average Bonchev–Trinajstić information content (AvgIpc) is 3.35. The molecule has 3 amide bonds. The number of nitrogens with zero attached hydrogens (tertiary/aromatic N) is 1. The number of rotatable bonds is 4. The van der Waals surface area contributed by atoms with E-state index >= 15 is 0 Å². The number of ether oxygens (including phenoxy) is 1. The third kappa shape index (κ3) is 3.79. The Morgan fingerprint density at radius 1 is 1.06 bits per heavy atom. The van der Waals surface area contributed by atoms with Crippen molar-refractivity contribution in [1.29, 1.82) is 0 Å². The lowest BCUT2D eigenvalue weighted by Crippen LogP contribution is -2.58. The minimum atomic E-state index is -1.20. The molecule has 2 N–H and O–H groups in total. The SMILES string of the molecule is C[C@H]1CCCC[C@@H]1NC(=O)[C@@H]1[C@@H]2C(=O)N(c3ccccc3)[C@H](C(=O)NC(C)(C)C)[C@@]23C=C[C@]1(C)O3. The van der Waals surface area contributed by atoms with Crippen molar-refractivity contribution in [3.8, 4) is 0 Å². The Balaban J connectivity index is 1.54. The molecule has 188 valence electrons. The summed E-state index contributed by atoms with van der Waals surface area (Å²) in [7, 11) is 0. The van der Waals surface area contributed by atoms with Gasteiger partial charge in [-0.05, 0) is 58.6 Å². The van der Waals surface area contributed by atoms with E-state index in [-0.39, 0.29) is 23.8 Å². The second-order valence-electron chi connectivity index (χ2n) is 12.0. The zero-order valence-corrected chi connectivity index (χ0v) is 21.3. The number of carbonyl (C=O) groups excluding carboxylic acids is 3. The lowest BCUT2D eigenvalue weighted by Gasteiger charge is -2.35. The molecule has 7 heteroatoms. The number of hydrogen-bond donors (Lipinski definition) is 2. The van der Waals surface area contributed by atoms with Gasteiger partial charge in [-0.15, -0.1) is 0 Å². The zero-order valence-electron chi connectivity index (χ0n) is 21.3. The Kier molecular flexibility index (Phi) is 5.62. The quantitative estimate of drug-likeness (QED) is 0.649. The summed E-state index contributed by atoms with van der Waals surface area (Å²) in [6.07, 6.45) is 8.06. The van der Waals surface area contributed by atoms with Crippen LogP contribution >= 0.6 is 0 Å². The van der Waals surface area contributed by atoms with Crippen LogP contribution in [0.1, 0.15) is 60.3 Å². The van der Waals surface area contributed by atoms with Crippen molar-refractivity contribution in [3.05, 3.63) is 42.5 Å². The Morgan fingerprint density at radius 2 is 1.74 bits per heavy atom. The van der Waals surface area contributed by atoms with E-state index in [0.29, 0.717) is 11.6 Å². The van der Waals surface area contributed by atoms with Gasteiger partial charge in [0, 0.05) is 17.3 Å². The van der Waals surface area contributed by atoms with E-state index < -0.39 is 34.6 Å². The van der Waals surface area contributed by atoms with E-state index in [4.69, 9.17) is 4.74 Å². The molecule has 7 atom stereocenters. The highest BCUT2D eigenvalue weighted by Gasteiger charge is 2.76. The first kappa shape index (κ1) is 24.0. The molecular weight excluding hydrogens is 442 g/mol. The Labute approximate surface area is 207 Å². The number of para-hydroxylation sites is 1. The molecule has 3 aliphatic heterocycles. The van der Waals surface area contributed by atoms with E-state index in [0.717, 1.165) is 19.3 Å². The van der Waals surface area contributed by atoms with Gasteiger partial charge in [0.2, 0.25) is 17.7 Å². The maximum absolute atomic E-state index is 14.1. The van der Waals surface area contributed by atoms with Crippen LogP contribution in [0.4, 0.5) is 5.69 Å². The van der Waals surface area contributed by atoms with Gasteiger partial charge >= 0.3 is 0 Å². The highest BCUT2D eigenvalue weighted by atomic mass is 16.5. The molecule has 7 nitrogen and oxygen atoms in total. The number of fused-ring (bicyclic) bond motifs is 1. The highest BCUT2D eigenvalue weighted by molar-refractivity contribution is 6.10. The molecule has 2 bridgehead atoms. The van der Waals surface area contributed by atoms with Crippen molar-refractivity contribution in [3.63, 3.8) is 0 Å². The van der Waals surface area contributed by atoms with Gasteiger partial charge in [-0.25, -0.2) is 0 Å². The fourth-order valence-corrected chi connectivity index (χ4v) is 6.64.